The summed E-state index contributed by atoms with van der Waals surface area (Å²) in [7, 11) is -2.15. The van der Waals surface area contributed by atoms with Crippen molar-refractivity contribution in [3.63, 3.8) is 0 Å². The molecule has 8 heteroatoms. The number of ether oxygens (including phenoxy) is 1. The summed E-state index contributed by atoms with van der Waals surface area (Å²) in [6.07, 6.45) is 9.40. The Balaban J connectivity index is 1.09. The lowest BCUT2D eigenvalue weighted by Gasteiger charge is -2.56. The van der Waals surface area contributed by atoms with Crippen molar-refractivity contribution in [1.82, 2.24) is 10.6 Å². The van der Waals surface area contributed by atoms with Crippen molar-refractivity contribution >= 4 is 26.3 Å². The van der Waals surface area contributed by atoms with Gasteiger partial charge in [0.15, 0.2) is 8.32 Å². The standard InChI is InChI=1S/C43H59N3O4Si/c1-30(17-32-13-10-14-33(18-32)22-41(48)46-43-24-34-19-35(25-43)21-36(20-34)26-43)44-27-40(50-51(5,6)42(2,3)4)37-15-16-39(38(23-37)45-29-47)49-28-31-11-8-7-9-12-31/h7-16,18,23,29-30,34-36,40,44H,17,19-22,24-28H2,1-6H3,(H,45,47)(H,46,48)/t30-,34?,35?,36?,40+,43?/m1/s1. The van der Waals surface area contributed by atoms with Crippen molar-refractivity contribution in [1.29, 1.82) is 0 Å². The number of nitrogens with one attached hydrogen (secondary N) is 3. The van der Waals surface area contributed by atoms with Gasteiger partial charge in [0.1, 0.15) is 12.4 Å². The Labute approximate surface area is 306 Å². The fraction of sp³-hybridized carbons (Fsp3) is 0.535. The van der Waals surface area contributed by atoms with Crippen LogP contribution < -0.4 is 20.7 Å². The van der Waals surface area contributed by atoms with Crippen LogP contribution in [0, 0.1) is 17.8 Å². The quantitative estimate of drug-likeness (QED) is 0.102. The predicted octanol–water partition coefficient (Wildman–Crippen LogP) is 8.75. The molecule has 2 atom stereocenters. The van der Waals surface area contributed by atoms with E-state index < -0.39 is 8.32 Å². The zero-order valence-electron chi connectivity index (χ0n) is 31.6. The van der Waals surface area contributed by atoms with Crippen molar-refractivity contribution < 1.29 is 18.8 Å². The number of amides is 2. The fourth-order valence-corrected chi connectivity index (χ4v) is 10.2. The molecule has 2 amide bonds. The molecule has 4 fully saturated rings. The molecule has 4 bridgehead atoms. The highest BCUT2D eigenvalue weighted by atomic mass is 28.4. The SMILES string of the molecule is C[C@H](Cc1cccc(CC(=O)NC23CC4CC(CC(C4)C2)C3)c1)NC[C@H](O[Si](C)(C)C(C)(C)C)c1ccc(OCc2ccccc2)c(NC=O)c1. The Bertz CT molecular complexity index is 1620. The lowest BCUT2D eigenvalue weighted by Crippen LogP contribution is -2.60. The average Bonchev–Trinajstić information content (AvgIpc) is 3.05. The van der Waals surface area contributed by atoms with Gasteiger partial charge >= 0.3 is 0 Å². The van der Waals surface area contributed by atoms with Crippen molar-refractivity contribution in [2.45, 2.75) is 121 Å². The zero-order chi connectivity index (χ0) is 36.2. The highest BCUT2D eigenvalue weighted by molar-refractivity contribution is 6.74. The first kappa shape index (κ1) is 37.3. The number of rotatable bonds is 16. The number of benzene rings is 3. The monoisotopic (exact) mass is 709 g/mol. The van der Waals surface area contributed by atoms with Gasteiger partial charge in [-0.15, -0.1) is 0 Å². The first-order valence-electron chi connectivity index (χ1n) is 19.1. The highest BCUT2D eigenvalue weighted by Crippen LogP contribution is 2.55. The molecule has 0 aliphatic heterocycles. The Morgan fingerprint density at radius 1 is 0.902 bits per heavy atom. The summed E-state index contributed by atoms with van der Waals surface area (Å²) in [4.78, 5) is 25.0. The van der Waals surface area contributed by atoms with Gasteiger partial charge in [0, 0.05) is 18.1 Å². The first-order valence-corrected chi connectivity index (χ1v) is 22.0. The maximum absolute atomic E-state index is 13.3. The summed E-state index contributed by atoms with van der Waals surface area (Å²) < 4.78 is 13.2. The third kappa shape index (κ3) is 9.51. The minimum atomic E-state index is -2.15. The Morgan fingerprint density at radius 2 is 1.55 bits per heavy atom. The van der Waals surface area contributed by atoms with Gasteiger partial charge in [-0.3, -0.25) is 9.59 Å². The van der Waals surface area contributed by atoms with Gasteiger partial charge in [0.05, 0.1) is 18.2 Å². The summed E-state index contributed by atoms with van der Waals surface area (Å²) in [6.45, 7) is 14.5. The molecular weight excluding hydrogens is 651 g/mol. The van der Waals surface area contributed by atoms with E-state index in [2.05, 4.69) is 87.1 Å². The van der Waals surface area contributed by atoms with Gasteiger partial charge in [0.2, 0.25) is 12.3 Å². The van der Waals surface area contributed by atoms with E-state index in [9.17, 15) is 9.59 Å². The van der Waals surface area contributed by atoms with Crippen molar-refractivity contribution in [3.8, 4) is 5.75 Å². The second-order valence-electron chi connectivity index (χ2n) is 17.4. The van der Waals surface area contributed by atoms with Gasteiger partial charge in [0.25, 0.3) is 0 Å². The maximum atomic E-state index is 13.3. The van der Waals surface area contributed by atoms with E-state index >= 15 is 0 Å². The molecule has 0 unspecified atom stereocenters. The molecule has 3 aromatic rings. The van der Waals surface area contributed by atoms with Crippen LogP contribution in [0.3, 0.4) is 0 Å². The molecule has 0 spiro atoms. The third-order valence-electron chi connectivity index (χ3n) is 12.1. The summed E-state index contributed by atoms with van der Waals surface area (Å²) in [5.41, 5.74) is 5.01. The lowest BCUT2D eigenvalue weighted by atomic mass is 9.53. The van der Waals surface area contributed by atoms with Crippen molar-refractivity contribution in [2.75, 3.05) is 11.9 Å². The average molecular weight is 710 g/mol. The molecule has 3 N–H and O–H groups in total. The van der Waals surface area contributed by atoms with E-state index in [1.807, 2.05) is 42.5 Å². The molecule has 4 saturated carbocycles. The summed E-state index contributed by atoms with van der Waals surface area (Å²) in [6, 6.07) is 24.7. The third-order valence-corrected chi connectivity index (χ3v) is 16.5. The van der Waals surface area contributed by atoms with E-state index in [0.717, 1.165) is 40.9 Å². The second-order valence-corrected chi connectivity index (χ2v) is 22.2. The van der Waals surface area contributed by atoms with Crippen LogP contribution >= 0.6 is 0 Å². The van der Waals surface area contributed by atoms with Crippen LogP contribution in [0.5, 0.6) is 5.75 Å². The van der Waals surface area contributed by atoms with Crippen LogP contribution in [-0.4, -0.2) is 38.8 Å². The van der Waals surface area contributed by atoms with Crippen molar-refractivity contribution in [2.24, 2.45) is 17.8 Å². The summed E-state index contributed by atoms with van der Waals surface area (Å²) >= 11 is 0. The Hall–Kier alpha value is -3.46. The molecule has 0 radical (unpaired) electrons. The number of hydrogen-bond donors (Lipinski definition) is 3. The number of carbonyl (C=O) groups excluding carboxylic acids is 2. The van der Waals surface area contributed by atoms with Gasteiger partial charge < -0.3 is 25.1 Å². The molecule has 4 aliphatic rings. The molecule has 274 valence electrons. The summed E-state index contributed by atoms with van der Waals surface area (Å²) in [5, 5.41) is 10.2. The van der Waals surface area contributed by atoms with Gasteiger partial charge in [-0.2, -0.15) is 0 Å². The minimum Gasteiger partial charge on any atom is -0.487 e. The Morgan fingerprint density at radius 3 is 2.20 bits per heavy atom. The molecule has 51 heavy (non-hydrogen) atoms. The van der Waals surface area contributed by atoms with Crippen LogP contribution in [0.25, 0.3) is 0 Å². The van der Waals surface area contributed by atoms with Crippen molar-refractivity contribution in [3.05, 3.63) is 95.1 Å². The molecular formula is C43H59N3O4Si. The molecule has 0 saturated heterocycles. The predicted molar refractivity (Wildman–Crippen MR) is 208 cm³/mol. The molecule has 0 heterocycles. The molecule has 3 aromatic carbocycles. The molecule has 7 nitrogen and oxygen atoms in total. The van der Waals surface area contributed by atoms with E-state index in [0.29, 0.717) is 37.4 Å². The van der Waals surface area contributed by atoms with E-state index in [1.165, 1.54) is 44.1 Å². The largest absolute Gasteiger partial charge is 0.487 e. The first-order chi connectivity index (χ1) is 24.3. The molecule has 7 rings (SSSR count). The number of carbonyl (C=O) groups is 2. The smallest absolute Gasteiger partial charge is 0.224 e. The minimum absolute atomic E-state index is 0.0297. The van der Waals surface area contributed by atoms with E-state index in [-0.39, 0.29) is 28.6 Å². The van der Waals surface area contributed by atoms with Crippen LogP contribution in [0.15, 0.2) is 72.8 Å². The second kappa shape index (κ2) is 15.6. The summed E-state index contributed by atoms with van der Waals surface area (Å²) in [5.74, 6) is 3.23. The van der Waals surface area contributed by atoms with Crippen LogP contribution in [-0.2, 0) is 33.5 Å². The van der Waals surface area contributed by atoms with E-state index in [4.69, 9.17) is 9.16 Å². The zero-order valence-corrected chi connectivity index (χ0v) is 32.6. The lowest BCUT2D eigenvalue weighted by molar-refractivity contribution is -0.126. The Kier molecular flexibility index (Phi) is 11.4. The topological polar surface area (TPSA) is 88.7 Å². The maximum Gasteiger partial charge on any atom is 0.224 e. The van der Waals surface area contributed by atoms with E-state index in [1.54, 1.807) is 0 Å². The normalized spacial score (nSPS) is 23.8. The van der Waals surface area contributed by atoms with Crippen LogP contribution in [0.2, 0.25) is 18.1 Å². The highest BCUT2D eigenvalue weighted by Gasteiger charge is 2.51. The van der Waals surface area contributed by atoms with Gasteiger partial charge in [-0.25, -0.2) is 0 Å². The van der Waals surface area contributed by atoms with Crippen LogP contribution in [0.1, 0.15) is 94.6 Å². The number of hydrogen-bond acceptors (Lipinski definition) is 5. The fourth-order valence-electron chi connectivity index (χ4n) is 8.93. The number of anilines is 1. The molecule has 0 aromatic heterocycles. The van der Waals surface area contributed by atoms with Gasteiger partial charge in [-0.05, 0) is 122 Å². The molecule has 4 aliphatic carbocycles. The van der Waals surface area contributed by atoms with Gasteiger partial charge in [-0.1, -0.05) is 81.4 Å². The van der Waals surface area contributed by atoms with Crippen LogP contribution in [0.4, 0.5) is 5.69 Å².